The largest absolute Gasteiger partial charge is 0.381 e. The number of hydrogen-bond donors (Lipinski definition) is 0. The summed E-state index contributed by atoms with van der Waals surface area (Å²) in [6.07, 6.45) is 3.12. The Morgan fingerprint density at radius 1 is 1.11 bits per heavy atom. The van der Waals surface area contributed by atoms with Crippen LogP contribution in [0, 0.1) is 5.41 Å². The molecule has 1 aromatic heterocycles. The fourth-order valence-electron chi connectivity index (χ4n) is 5.55. The summed E-state index contributed by atoms with van der Waals surface area (Å²) in [6, 6.07) is 15.7. The summed E-state index contributed by atoms with van der Waals surface area (Å²) in [5.41, 5.74) is 4.84. The minimum absolute atomic E-state index is 0.0124. The lowest BCUT2D eigenvalue weighted by Crippen LogP contribution is -2.58. The molecule has 4 heterocycles. The number of benzene rings is 2. The van der Waals surface area contributed by atoms with Gasteiger partial charge >= 0.3 is 0 Å². The zero-order valence-electron chi connectivity index (χ0n) is 20.7. The van der Waals surface area contributed by atoms with Crippen LogP contribution >= 0.6 is 0 Å². The number of nitrogens with zero attached hydrogens (tertiary/aromatic N) is 4. The fourth-order valence-corrected chi connectivity index (χ4v) is 5.55. The van der Waals surface area contributed by atoms with E-state index in [-0.39, 0.29) is 17.2 Å². The Hall–Kier alpha value is -3.58. The van der Waals surface area contributed by atoms with E-state index >= 15 is 0 Å². The lowest BCUT2D eigenvalue weighted by atomic mass is 9.79. The Morgan fingerprint density at radius 3 is 2.61 bits per heavy atom. The van der Waals surface area contributed by atoms with Crippen molar-refractivity contribution in [3.63, 3.8) is 0 Å². The van der Waals surface area contributed by atoms with Crippen LogP contribution in [0.2, 0.25) is 0 Å². The molecule has 6 rings (SSSR count). The van der Waals surface area contributed by atoms with Crippen LogP contribution in [0.5, 0.6) is 0 Å². The molecule has 0 N–H and O–H groups in total. The molecule has 7 nitrogen and oxygen atoms in total. The van der Waals surface area contributed by atoms with Crippen molar-refractivity contribution in [1.29, 1.82) is 0 Å². The molecule has 0 saturated carbocycles. The Labute approximate surface area is 211 Å². The molecule has 3 aliphatic rings. The highest BCUT2D eigenvalue weighted by Gasteiger charge is 2.47. The molecule has 0 radical (unpaired) electrons. The van der Waals surface area contributed by atoms with Gasteiger partial charge in [-0.15, -0.1) is 0 Å². The summed E-state index contributed by atoms with van der Waals surface area (Å²) in [7, 11) is 0. The first kappa shape index (κ1) is 22.9. The molecule has 2 saturated heterocycles. The molecule has 2 aromatic carbocycles. The van der Waals surface area contributed by atoms with E-state index in [0.29, 0.717) is 36.1 Å². The van der Waals surface area contributed by atoms with E-state index in [1.54, 1.807) is 11.1 Å². The molecule has 2 fully saturated rings. The first-order chi connectivity index (χ1) is 17.4. The topological polar surface area (TPSA) is 75.6 Å². The molecule has 0 atom stereocenters. The monoisotopic (exact) mass is 482 g/mol. The highest BCUT2D eigenvalue weighted by Crippen LogP contribution is 2.39. The van der Waals surface area contributed by atoms with Gasteiger partial charge in [0.15, 0.2) is 5.82 Å². The molecule has 3 aromatic rings. The van der Waals surface area contributed by atoms with Crippen LogP contribution in [0.3, 0.4) is 0 Å². The number of carbonyl (C=O) groups is 2. The standard InChI is InChI=1S/C29H30N4O3/c1-19(2)23-5-3-4-6-24(23)26-30-14-22-13-25(34)33(27(22)31-26)15-20-7-9-21(10-8-20)28(35)32-16-29(17-32)11-12-36-18-29/h3-10,14,19H,11-13,15-18H2,1-2H3. The molecule has 3 aliphatic heterocycles. The Bertz CT molecular complexity index is 1320. The summed E-state index contributed by atoms with van der Waals surface area (Å²) in [4.78, 5) is 38.8. The minimum atomic E-state index is 0.0124. The molecule has 0 aliphatic carbocycles. The average molecular weight is 483 g/mol. The van der Waals surface area contributed by atoms with Crippen molar-refractivity contribution in [3.05, 3.63) is 77.0 Å². The summed E-state index contributed by atoms with van der Waals surface area (Å²) in [5.74, 6) is 1.72. The van der Waals surface area contributed by atoms with Crippen molar-refractivity contribution in [2.24, 2.45) is 5.41 Å². The number of fused-ring (bicyclic) bond motifs is 1. The molecule has 184 valence electrons. The molecular weight excluding hydrogens is 452 g/mol. The van der Waals surface area contributed by atoms with Crippen molar-refractivity contribution >= 4 is 17.6 Å². The number of carbonyl (C=O) groups excluding carboxylic acids is 2. The second-order valence-electron chi connectivity index (χ2n) is 10.6. The molecule has 36 heavy (non-hydrogen) atoms. The van der Waals surface area contributed by atoms with Gasteiger partial charge < -0.3 is 9.64 Å². The highest BCUT2D eigenvalue weighted by atomic mass is 16.5. The second kappa shape index (κ2) is 8.82. The molecule has 1 spiro atoms. The Kier molecular flexibility index (Phi) is 5.60. The van der Waals surface area contributed by atoms with E-state index < -0.39 is 0 Å². The van der Waals surface area contributed by atoms with Gasteiger partial charge in [0.2, 0.25) is 5.91 Å². The number of amides is 2. The van der Waals surface area contributed by atoms with E-state index in [1.165, 1.54) is 5.56 Å². The van der Waals surface area contributed by atoms with Gasteiger partial charge in [-0.05, 0) is 35.6 Å². The van der Waals surface area contributed by atoms with Crippen LogP contribution < -0.4 is 4.90 Å². The van der Waals surface area contributed by atoms with Crippen molar-refractivity contribution in [2.75, 3.05) is 31.2 Å². The number of aromatic nitrogens is 2. The molecular formula is C29H30N4O3. The van der Waals surface area contributed by atoms with Crippen molar-refractivity contribution in [3.8, 4) is 11.4 Å². The number of hydrogen-bond acceptors (Lipinski definition) is 5. The van der Waals surface area contributed by atoms with Crippen LogP contribution in [0.4, 0.5) is 5.82 Å². The zero-order valence-corrected chi connectivity index (χ0v) is 20.7. The highest BCUT2D eigenvalue weighted by molar-refractivity contribution is 6.00. The molecule has 7 heteroatoms. The first-order valence-corrected chi connectivity index (χ1v) is 12.6. The third-order valence-electron chi connectivity index (χ3n) is 7.63. The van der Waals surface area contributed by atoms with Gasteiger partial charge in [-0.25, -0.2) is 9.97 Å². The summed E-state index contributed by atoms with van der Waals surface area (Å²) >= 11 is 0. The van der Waals surface area contributed by atoms with Gasteiger partial charge in [-0.3, -0.25) is 14.5 Å². The van der Waals surface area contributed by atoms with E-state index in [0.717, 1.165) is 49.4 Å². The maximum Gasteiger partial charge on any atom is 0.253 e. The van der Waals surface area contributed by atoms with Gasteiger partial charge in [-0.1, -0.05) is 50.2 Å². The third-order valence-corrected chi connectivity index (χ3v) is 7.63. The van der Waals surface area contributed by atoms with Crippen molar-refractivity contribution in [2.45, 2.75) is 39.2 Å². The second-order valence-corrected chi connectivity index (χ2v) is 10.6. The number of rotatable bonds is 5. The van der Waals surface area contributed by atoms with E-state index in [1.807, 2.05) is 47.4 Å². The lowest BCUT2D eigenvalue weighted by molar-refractivity contribution is -0.117. The molecule has 2 amide bonds. The average Bonchev–Trinajstić information content (AvgIpc) is 3.48. The van der Waals surface area contributed by atoms with E-state index in [2.05, 4.69) is 24.9 Å². The van der Waals surface area contributed by atoms with Crippen LogP contribution in [0.15, 0.2) is 54.7 Å². The van der Waals surface area contributed by atoms with Crippen molar-refractivity contribution in [1.82, 2.24) is 14.9 Å². The van der Waals surface area contributed by atoms with Crippen molar-refractivity contribution < 1.29 is 14.3 Å². The summed E-state index contributed by atoms with van der Waals surface area (Å²) in [5, 5.41) is 0. The van der Waals surface area contributed by atoms with E-state index in [4.69, 9.17) is 9.72 Å². The predicted octanol–water partition coefficient (Wildman–Crippen LogP) is 4.22. The summed E-state index contributed by atoms with van der Waals surface area (Å²) < 4.78 is 5.52. The van der Waals surface area contributed by atoms with Crippen LogP contribution in [0.25, 0.3) is 11.4 Å². The maximum atomic E-state index is 12.9. The lowest BCUT2D eigenvalue weighted by Gasteiger charge is -2.47. The number of anilines is 1. The van der Waals surface area contributed by atoms with Gasteiger partial charge in [-0.2, -0.15) is 0 Å². The third kappa shape index (κ3) is 3.97. The first-order valence-electron chi connectivity index (χ1n) is 12.6. The van der Waals surface area contributed by atoms with E-state index in [9.17, 15) is 9.59 Å². The van der Waals surface area contributed by atoms with Gasteiger partial charge in [0.25, 0.3) is 5.91 Å². The normalized spacial score (nSPS) is 18.1. The van der Waals surface area contributed by atoms with Crippen LogP contribution in [-0.4, -0.2) is 53.0 Å². The zero-order chi connectivity index (χ0) is 24.9. The molecule has 0 unspecified atom stereocenters. The van der Waals surface area contributed by atoms with Crippen LogP contribution in [0.1, 0.15) is 53.2 Å². The number of ether oxygens (including phenoxy) is 1. The number of likely N-dealkylation sites (tertiary alicyclic amines) is 1. The van der Waals surface area contributed by atoms with Gasteiger partial charge in [0, 0.05) is 48.0 Å². The molecule has 0 bridgehead atoms. The maximum absolute atomic E-state index is 12.9. The van der Waals surface area contributed by atoms with Gasteiger partial charge in [0.05, 0.1) is 19.6 Å². The SMILES string of the molecule is CC(C)c1ccccc1-c1ncc2c(n1)N(Cc1ccc(C(=O)N3CC4(CCOC4)C3)cc1)C(=O)C2. The Morgan fingerprint density at radius 2 is 1.89 bits per heavy atom. The quantitative estimate of drug-likeness (QED) is 0.544. The minimum Gasteiger partial charge on any atom is -0.381 e. The van der Waals surface area contributed by atoms with Crippen LogP contribution in [-0.2, 0) is 22.5 Å². The predicted molar refractivity (Wildman–Crippen MR) is 137 cm³/mol. The van der Waals surface area contributed by atoms with Gasteiger partial charge in [0.1, 0.15) is 5.82 Å². The Balaban J connectivity index is 1.19. The smallest absolute Gasteiger partial charge is 0.253 e. The summed E-state index contributed by atoms with van der Waals surface area (Å²) in [6.45, 7) is 7.82. The fraction of sp³-hybridized carbons (Fsp3) is 0.379.